The third-order valence-electron chi connectivity index (χ3n) is 4.14. The molecule has 0 radical (unpaired) electrons. The van der Waals surface area contributed by atoms with E-state index in [1.54, 1.807) is 24.3 Å². The van der Waals surface area contributed by atoms with E-state index >= 15 is 0 Å². The van der Waals surface area contributed by atoms with Crippen LogP contribution in [0.15, 0.2) is 75.3 Å². The molecule has 26 heavy (non-hydrogen) atoms. The molecule has 0 aliphatic rings. The van der Waals surface area contributed by atoms with Crippen LogP contribution in [0.1, 0.15) is 15.2 Å². The quantitative estimate of drug-likeness (QED) is 0.553. The van der Waals surface area contributed by atoms with E-state index < -0.39 is 0 Å². The van der Waals surface area contributed by atoms with E-state index in [1.165, 1.54) is 17.4 Å². The normalized spacial score (nSPS) is 10.8. The van der Waals surface area contributed by atoms with Gasteiger partial charge in [0.05, 0.1) is 10.3 Å². The van der Waals surface area contributed by atoms with Crippen molar-refractivity contribution in [3.05, 3.63) is 86.7 Å². The zero-order valence-electron chi connectivity index (χ0n) is 14.0. The van der Waals surface area contributed by atoms with Crippen LogP contribution < -0.4 is 10.7 Å². The molecular weight excluding hydrogens is 346 g/mol. The zero-order chi connectivity index (χ0) is 18.1. The first-order valence-electron chi connectivity index (χ1n) is 8.10. The fraction of sp³-hybridized carbons (Fsp3) is 0.0476. The summed E-state index contributed by atoms with van der Waals surface area (Å²) >= 11 is 1.37. The van der Waals surface area contributed by atoms with E-state index in [4.69, 9.17) is 4.42 Å². The monoisotopic (exact) mass is 361 g/mol. The summed E-state index contributed by atoms with van der Waals surface area (Å²) in [6.07, 6.45) is 0. The molecule has 2 aromatic heterocycles. The number of aryl methyl sites for hydroxylation is 1. The molecule has 0 atom stereocenters. The SMILES string of the molecule is Cc1ccccc1-c1cc(=O)c2cc(NC(=O)c3cccs3)ccc2o1. The van der Waals surface area contributed by atoms with Gasteiger partial charge in [0.15, 0.2) is 5.43 Å². The third kappa shape index (κ3) is 3.05. The van der Waals surface area contributed by atoms with E-state index in [2.05, 4.69) is 5.32 Å². The van der Waals surface area contributed by atoms with E-state index in [9.17, 15) is 9.59 Å². The maximum absolute atomic E-state index is 12.6. The Morgan fingerprint density at radius 3 is 2.65 bits per heavy atom. The van der Waals surface area contributed by atoms with Crippen LogP contribution in [0.5, 0.6) is 0 Å². The van der Waals surface area contributed by atoms with Crippen molar-refractivity contribution in [3.63, 3.8) is 0 Å². The fourth-order valence-corrected chi connectivity index (χ4v) is 3.44. The molecule has 0 saturated heterocycles. The lowest BCUT2D eigenvalue weighted by atomic mass is 10.1. The molecule has 0 aliphatic heterocycles. The van der Waals surface area contributed by atoms with Gasteiger partial charge >= 0.3 is 0 Å². The van der Waals surface area contributed by atoms with Crippen LogP contribution in [0.3, 0.4) is 0 Å². The van der Waals surface area contributed by atoms with Gasteiger partial charge in [-0.15, -0.1) is 11.3 Å². The van der Waals surface area contributed by atoms with Crippen LogP contribution >= 0.6 is 11.3 Å². The molecule has 4 aromatic rings. The van der Waals surface area contributed by atoms with Crippen molar-refractivity contribution in [3.8, 4) is 11.3 Å². The molecule has 0 unspecified atom stereocenters. The molecule has 128 valence electrons. The highest BCUT2D eigenvalue weighted by atomic mass is 32.1. The van der Waals surface area contributed by atoms with Crippen LogP contribution in [0.25, 0.3) is 22.3 Å². The Balaban J connectivity index is 1.73. The minimum absolute atomic E-state index is 0.142. The van der Waals surface area contributed by atoms with Gasteiger partial charge in [-0.25, -0.2) is 0 Å². The number of nitrogens with one attached hydrogen (secondary N) is 1. The summed E-state index contributed by atoms with van der Waals surface area (Å²) in [5, 5.41) is 5.09. The molecule has 0 spiro atoms. The predicted molar refractivity (Wildman–Crippen MR) is 105 cm³/mol. The van der Waals surface area contributed by atoms with Crippen molar-refractivity contribution >= 4 is 33.9 Å². The summed E-state index contributed by atoms with van der Waals surface area (Å²) in [4.78, 5) is 25.4. The molecule has 1 amide bonds. The number of hydrogen-bond donors (Lipinski definition) is 1. The van der Waals surface area contributed by atoms with Gasteiger partial charge in [0.2, 0.25) is 0 Å². The van der Waals surface area contributed by atoms with Crippen molar-refractivity contribution in [2.24, 2.45) is 0 Å². The fourth-order valence-electron chi connectivity index (χ4n) is 2.82. The number of hydrogen-bond acceptors (Lipinski definition) is 4. The standard InChI is InChI=1S/C21H15NO3S/c1-13-5-2-3-6-15(13)19-12-17(23)16-11-14(8-9-18(16)25-19)22-21(24)20-7-4-10-26-20/h2-12H,1H3,(H,22,24). The molecule has 0 fully saturated rings. The van der Waals surface area contributed by atoms with E-state index in [1.807, 2.05) is 42.6 Å². The highest BCUT2D eigenvalue weighted by Gasteiger charge is 2.11. The van der Waals surface area contributed by atoms with Crippen LogP contribution in [0.4, 0.5) is 5.69 Å². The molecular formula is C21H15NO3S. The summed E-state index contributed by atoms with van der Waals surface area (Å²) in [5.74, 6) is 0.344. The van der Waals surface area contributed by atoms with Gasteiger partial charge in [-0.2, -0.15) is 0 Å². The molecule has 0 aliphatic carbocycles. The van der Waals surface area contributed by atoms with Crippen LogP contribution in [0, 0.1) is 6.92 Å². The lowest BCUT2D eigenvalue weighted by molar-refractivity contribution is 0.103. The van der Waals surface area contributed by atoms with Crippen LogP contribution in [-0.2, 0) is 0 Å². The number of rotatable bonds is 3. The first-order valence-corrected chi connectivity index (χ1v) is 8.98. The molecule has 0 bridgehead atoms. The van der Waals surface area contributed by atoms with Gasteiger partial charge in [0.1, 0.15) is 11.3 Å². The van der Waals surface area contributed by atoms with Gasteiger partial charge in [-0.3, -0.25) is 9.59 Å². The summed E-state index contributed by atoms with van der Waals surface area (Å²) in [6, 6.07) is 17.9. The van der Waals surface area contributed by atoms with Gasteiger partial charge in [0.25, 0.3) is 5.91 Å². The second-order valence-electron chi connectivity index (χ2n) is 5.93. The first-order chi connectivity index (χ1) is 12.6. The average Bonchev–Trinajstić information content (AvgIpc) is 3.17. The minimum Gasteiger partial charge on any atom is -0.456 e. The largest absolute Gasteiger partial charge is 0.456 e. The molecule has 1 N–H and O–H groups in total. The second kappa shape index (κ2) is 6.61. The number of amides is 1. The number of benzene rings is 2. The molecule has 4 rings (SSSR count). The Labute approximate surface area is 153 Å². The van der Waals surface area contributed by atoms with Gasteiger partial charge in [-0.1, -0.05) is 30.3 Å². The summed E-state index contributed by atoms with van der Waals surface area (Å²) in [5.41, 5.74) is 2.84. The minimum atomic E-state index is -0.194. The number of carbonyl (C=O) groups is 1. The Bertz CT molecular complexity index is 1160. The van der Waals surface area contributed by atoms with Gasteiger partial charge in [-0.05, 0) is 42.1 Å². The van der Waals surface area contributed by atoms with Gasteiger partial charge in [0, 0.05) is 17.3 Å². The lowest BCUT2D eigenvalue weighted by Crippen LogP contribution is -2.10. The Morgan fingerprint density at radius 1 is 1.04 bits per heavy atom. The Hall–Kier alpha value is -3.18. The Morgan fingerprint density at radius 2 is 1.88 bits per heavy atom. The number of thiophene rings is 1. The predicted octanol–water partition coefficient (Wildman–Crippen LogP) is 5.08. The summed E-state index contributed by atoms with van der Waals surface area (Å²) in [7, 11) is 0. The number of anilines is 1. The maximum atomic E-state index is 12.6. The van der Waals surface area contributed by atoms with E-state index in [0.29, 0.717) is 27.3 Å². The topological polar surface area (TPSA) is 59.3 Å². The number of fused-ring (bicyclic) bond motifs is 1. The van der Waals surface area contributed by atoms with E-state index in [0.717, 1.165) is 11.1 Å². The van der Waals surface area contributed by atoms with Crippen LogP contribution in [-0.4, -0.2) is 5.91 Å². The first kappa shape index (κ1) is 16.3. The van der Waals surface area contributed by atoms with Crippen molar-refractivity contribution in [2.45, 2.75) is 6.92 Å². The summed E-state index contributed by atoms with van der Waals surface area (Å²) in [6.45, 7) is 1.97. The zero-order valence-corrected chi connectivity index (χ0v) is 14.8. The number of carbonyl (C=O) groups excluding carboxylic acids is 1. The molecule has 5 heteroatoms. The third-order valence-corrected chi connectivity index (χ3v) is 5.01. The second-order valence-corrected chi connectivity index (χ2v) is 6.88. The molecule has 2 heterocycles. The van der Waals surface area contributed by atoms with E-state index in [-0.39, 0.29) is 11.3 Å². The molecule has 0 saturated carbocycles. The van der Waals surface area contributed by atoms with Crippen molar-refractivity contribution in [1.82, 2.24) is 0 Å². The average molecular weight is 361 g/mol. The van der Waals surface area contributed by atoms with Crippen molar-refractivity contribution in [2.75, 3.05) is 5.32 Å². The summed E-state index contributed by atoms with van der Waals surface area (Å²) < 4.78 is 5.93. The molecule has 2 aromatic carbocycles. The highest BCUT2D eigenvalue weighted by Crippen LogP contribution is 2.26. The lowest BCUT2D eigenvalue weighted by Gasteiger charge is -2.08. The van der Waals surface area contributed by atoms with Crippen molar-refractivity contribution < 1.29 is 9.21 Å². The van der Waals surface area contributed by atoms with Crippen LogP contribution in [0.2, 0.25) is 0 Å². The Kier molecular flexibility index (Phi) is 4.14. The highest BCUT2D eigenvalue weighted by molar-refractivity contribution is 7.12. The van der Waals surface area contributed by atoms with Crippen molar-refractivity contribution in [1.29, 1.82) is 0 Å². The molecule has 4 nitrogen and oxygen atoms in total. The maximum Gasteiger partial charge on any atom is 0.265 e. The van der Waals surface area contributed by atoms with Gasteiger partial charge < -0.3 is 9.73 Å². The smallest absolute Gasteiger partial charge is 0.265 e.